The number of nitrogens with zero attached hydrogens (tertiary/aromatic N) is 2. The van der Waals surface area contributed by atoms with Crippen LogP contribution in [-0.4, -0.2) is 30.7 Å². The van der Waals surface area contributed by atoms with E-state index in [2.05, 4.69) is 4.90 Å². The summed E-state index contributed by atoms with van der Waals surface area (Å²) < 4.78 is 5.60. The van der Waals surface area contributed by atoms with Crippen molar-refractivity contribution in [3.63, 3.8) is 0 Å². The molecule has 1 unspecified atom stereocenters. The third kappa shape index (κ3) is 3.39. The average molecular weight is 279 g/mol. The number of non-ortho nitro benzene ring substituents is 1. The van der Waals surface area contributed by atoms with Crippen LogP contribution in [0.25, 0.3) is 0 Å². The van der Waals surface area contributed by atoms with E-state index in [9.17, 15) is 10.1 Å². The molecule has 2 rings (SSSR count). The Hall–Kier alpha value is -1.82. The van der Waals surface area contributed by atoms with E-state index in [4.69, 9.17) is 10.5 Å². The van der Waals surface area contributed by atoms with Crippen LogP contribution < -0.4 is 15.4 Å². The minimum Gasteiger partial charge on any atom is -0.491 e. The first-order chi connectivity index (χ1) is 9.49. The van der Waals surface area contributed by atoms with Crippen LogP contribution in [0.5, 0.6) is 5.75 Å². The molecule has 1 aromatic carbocycles. The Bertz CT molecular complexity index is 491. The lowest BCUT2D eigenvalue weighted by atomic mass is 10.1. The molecule has 6 heteroatoms. The van der Waals surface area contributed by atoms with Gasteiger partial charge in [-0.05, 0) is 32.7 Å². The van der Waals surface area contributed by atoms with E-state index in [0.717, 1.165) is 25.2 Å². The second-order valence-corrected chi connectivity index (χ2v) is 5.45. The van der Waals surface area contributed by atoms with Gasteiger partial charge in [0.25, 0.3) is 5.69 Å². The van der Waals surface area contributed by atoms with Crippen molar-refractivity contribution in [2.75, 3.05) is 24.5 Å². The highest BCUT2D eigenvalue weighted by molar-refractivity contribution is 5.58. The molecule has 1 fully saturated rings. The highest BCUT2D eigenvalue weighted by atomic mass is 16.6. The quantitative estimate of drug-likeness (QED) is 0.660. The van der Waals surface area contributed by atoms with Crippen LogP contribution in [0.4, 0.5) is 11.4 Å². The van der Waals surface area contributed by atoms with Gasteiger partial charge in [-0.25, -0.2) is 0 Å². The lowest BCUT2D eigenvalue weighted by Crippen LogP contribution is -2.22. The molecule has 1 aromatic rings. The molecule has 6 nitrogen and oxygen atoms in total. The van der Waals surface area contributed by atoms with Crippen LogP contribution >= 0.6 is 0 Å². The molecule has 1 heterocycles. The van der Waals surface area contributed by atoms with Gasteiger partial charge in [0.2, 0.25) is 0 Å². The monoisotopic (exact) mass is 279 g/mol. The van der Waals surface area contributed by atoms with Crippen molar-refractivity contribution >= 4 is 11.4 Å². The maximum atomic E-state index is 11.0. The summed E-state index contributed by atoms with van der Waals surface area (Å²) in [6, 6.07) is 4.94. The molecule has 0 amide bonds. The maximum Gasteiger partial charge on any atom is 0.275 e. The molecular weight excluding hydrogens is 258 g/mol. The van der Waals surface area contributed by atoms with Crippen molar-refractivity contribution in [1.82, 2.24) is 0 Å². The molecule has 0 aliphatic carbocycles. The zero-order chi connectivity index (χ0) is 14.7. The Labute approximate surface area is 118 Å². The summed E-state index contributed by atoms with van der Waals surface area (Å²) >= 11 is 0. The van der Waals surface area contributed by atoms with Crippen molar-refractivity contribution in [2.24, 2.45) is 11.7 Å². The lowest BCUT2D eigenvalue weighted by Gasteiger charge is -2.20. The van der Waals surface area contributed by atoms with Gasteiger partial charge in [-0.2, -0.15) is 0 Å². The summed E-state index contributed by atoms with van der Waals surface area (Å²) in [5.74, 6) is 1.00. The van der Waals surface area contributed by atoms with Gasteiger partial charge in [0.05, 0.1) is 17.1 Å². The minimum absolute atomic E-state index is 0.0137. The Morgan fingerprint density at radius 1 is 1.50 bits per heavy atom. The number of ether oxygens (including phenoxy) is 1. The Kier molecular flexibility index (Phi) is 4.44. The smallest absolute Gasteiger partial charge is 0.275 e. The minimum atomic E-state index is -0.382. The van der Waals surface area contributed by atoms with Crippen molar-refractivity contribution in [3.05, 3.63) is 28.3 Å². The number of hydrogen-bond acceptors (Lipinski definition) is 5. The molecule has 1 aliphatic rings. The fourth-order valence-corrected chi connectivity index (χ4v) is 2.46. The molecule has 1 saturated heterocycles. The zero-order valence-electron chi connectivity index (χ0n) is 11.9. The molecule has 0 aromatic heterocycles. The molecule has 1 atom stereocenters. The molecule has 2 N–H and O–H groups in total. The molecule has 20 heavy (non-hydrogen) atoms. The van der Waals surface area contributed by atoms with Crippen LogP contribution in [0.2, 0.25) is 0 Å². The number of nitrogens with two attached hydrogens (primary N) is 1. The molecular formula is C14H21N3O3. The fourth-order valence-electron chi connectivity index (χ4n) is 2.46. The predicted octanol–water partition coefficient (Wildman–Crippen LogP) is 2.17. The van der Waals surface area contributed by atoms with Gasteiger partial charge in [-0.15, -0.1) is 0 Å². The van der Waals surface area contributed by atoms with E-state index in [1.807, 2.05) is 19.9 Å². The van der Waals surface area contributed by atoms with Gasteiger partial charge in [-0.3, -0.25) is 10.1 Å². The number of nitro groups is 1. The largest absolute Gasteiger partial charge is 0.491 e. The molecule has 1 aliphatic heterocycles. The first-order valence-electron chi connectivity index (χ1n) is 6.90. The maximum absolute atomic E-state index is 11.0. The van der Waals surface area contributed by atoms with E-state index in [1.54, 1.807) is 6.07 Å². The third-order valence-corrected chi connectivity index (χ3v) is 3.44. The number of rotatable bonds is 5. The first-order valence-corrected chi connectivity index (χ1v) is 6.90. The van der Waals surface area contributed by atoms with Crippen molar-refractivity contribution in [1.29, 1.82) is 0 Å². The topological polar surface area (TPSA) is 81.6 Å². The van der Waals surface area contributed by atoms with Crippen molar-refractivity contribution in [2.45, 2.75) is 26.4 Å². The lowest BCUT2D eigenvalue weighted by molar-refractivity contribution is -0.384. The fraction of sp³-hybridized carbons (Fsp3) is 0.571. The van der Waals surface area contributed by atoms with Crippen LogP contribution in [0, 0.1) is 16.0 Å². The Morgan fingerprint density at radius 3 is 2.80 bits per heavy atom. The summed E-state index contributed by atoms with van der Waals surface area (Å²) in [5, 5.41) is 11.0. The summed E-state index contributed by atoms with van der Waals surface area (Å²) in [4.78, 5) is 12.8. The Morgan fingerprint density at radius 2 is 2.25 bits per heavy atom. The molecule has 0 bridgehead atoms. The van der Waals surface area contributed by atoms with E-state index < -0.39 is 0 Å². The van der Waals surface area contributed by atoms with E-state index in [-0.39, 0.29) is 16.7 Å². The van der Waals surface area contributed by atoms with E-state index in [1.165, 1.54) is 6.07 Å². The second kappa shape index (κ2) is 6.09. The highest BCUT2D eigenvalue weighted by Crippen LogP contribution is 2.31. The van der Waals surface area contributed by atoms with E-state index >= 15 is 0 Å². The Balaban J connectivity index is 2.27. The number of hydrogen-bond donors (Lipinski definition) is 1. The van der Waals surface area contributed by atoms with Gasteiger partial charge in [-0.1, -0.05) is 0 Å². The normalized spacial score (nSPS) is 18.6. The molecule has 0 radical (unpaired) electrons. The standard InChI is InChI=1S/C14H21N3O3/c1-10(2)20-14-6-12(5-13(7-14)17(18)19)16-4-3-11(8-15)9-16/h5-7,10-11H,3-4,8-9,15H2,1-2H3. The number of nitro benzene ring substituents is 1. The van der Waals surface area contributed by atoms with Crippen LogP contribution in [0.3, 0.4) is 0 Å². The van der Waals surface area contributed by atoms with E-state index in [0.29, 0.717) is 18.2 Å². The summed E-state index contributed by atoms with van der Waals surface area (Å²) in [5.41, 5.74) is 6.59. The van der Waals surface area contributed by atoms with Gasteiger partial charge < -0.3 is 15.4 Å². The van der Waals surface area contributed by atoms with Crippen LogP contribution in [0.15, 0.2) is 18.2 Å². The predicted molar refractivity (Wildman–Crippen MR) is 78.2 cm³/mol. The third-order valence-electron chi connectivity index (χ3n) is 3.44. The van der Waals surface area contributed by atoms with Crippen LogP contribution in [0.1, 0.15) is 20.3 Å². The average Bonchev–Trinajstić information content (AvgIpc) is 2.86. The summed E-state index contributed by atoms with van der Waals surface area (Å²) in [6.07, 6.45) is 1.01. The van der Waals surface area contributed by atoms with Gasteiger partial charge >= 0.3 is 0 Å². The van der Waals surface area contributed by atoms with Crippen molar-refractivity contribution < 1.29 is 9.66 Å². The summed E-state index contributed by atoms with van der Waals surface area (Å²) in [7, 11) is 0. The van der Waals surface area contributed by atoms with Gasteiger partial charge in [0.15, 0.2) is 0 Å². The van der Waals surface area contributed by atoms with Gasteiger partial charge in [0, 0.05) is 30.9 Å². The molecule has 0 saturated carbocycles. The number of anilines is 1. The molecule has 0 spiro atoms. The van der Waals surface area contributed by atoms with Gasteiger partial charge in [0.1, 0.15) is 5.75 Å². The zero-order valence-corrected chi connectivity index (χ0v) is 11.9. The second-order valence-electron chi connectivity index (χ2n) is 5.45. The number of benzene rings is 1. The first kappa shape index (κ1) is 14.6. The SMILES string of the molecule is CC(C)Oc1cc(N2CCC(CN)C2)cc([N+](=O)[O-])c1. The van der Waals surface area contributed by atoms with Crippen molar-refractivity contribution in [3.8, 4) is 5.75 Å². The summed E-state index contributed by atoms with van der Waals surface area (Å²) in [6.45, 7) is 6.18. The molecule has 110 valence electrons. The highest BCUT2D eigenvalue weighted by Gasteiger charge is 2.23. The van der Waals surface area contributed by atoms with Crippen LogP contribution in [-0.2, 0) is 0 Å².